The van der Waals surface area contributed by atoms with Gasteiger partial charge in [0, 0.05) is 13.6 Å². The number of unbranched alkanes of at least 4 members (excludes halogenated alkanes) is 1. The molecular weight excluding hydrogens is 354 g/mol. The van der Waals surface area contributed by atoms with E-state index < -0.39 is 5.69 Å². The van der Waals surface area contributed by atoms with Gasteiger partial charge in [0.25, 0.3) is 5.56 Å². The number of rotatable bonds is 8. The smallest absolute Gasteiger partial charge is 0.329 e. The number of hydrogen-bond acceptors (Lipinski definition) is 3. The Morgan fingerprint density at radius 1 is 1.21 bits per heavy atom. The van der Waals surface area contributed by atoms with E-state index in [2.05, 4.69) is 44.0 Å². The van der Waals surface area contributed by atoms with Crippen molar-refractivity contribution in [2.75, 3.05) is 13.1 Å². The number of imidazole rings is 1. The molecular formula is C21H30N5O2+. The van der Waals surface area contributed by atoms with E-state index in [-0.39, 0.29) is 5.56 Å². The Morgan fingerprint density at radius 2 is 2.00 bits per heavy atom. The number of aromatic amines is 1. The molecule has 2 N–H and O–H groups in total. The Kier molecular flexibility index (Phi) is 6.14. The molecule has 0 fully saturated rings. The van der Waals surface area contributed by atoms with Gasteiger partial charge in [-0.1, -0.05) is 43.2 Å². The van der Waals surface area contributed by atoms with Gasteiger partial charge >= 0.3 is 5.69 Å². The summed E-state index contributed by atoms with van der Waals surface area (Å²) in [7, 11) is 1.65. The zero-order chi connectivity index (χ0) is 20.3. The minimum atomic E-state index is -0.435. The van der Waals surface area contributed by atoms with Crippen LogP contribution in [0.5, 0.6) is 0 Å². The van der Waals surface area contributed by atoms with E-state index in [9.17, 15) is 9.59 Å². The van der Waals surface area contributed by atoms with Crippen LogP contribution in [0.2, 0.25) is 0 Å². The third kappa shape index (κ3) is 4.09. The van der Waals surface area contributed by atoms with Crippen LogP contribution in [0.3, 0.4) is 0 Å². The Labute approximate surface area is 164 Å². The van der Waals surface area contributed by atoms with Crippen LogP contribution in [0.15, 0.2) is 33.9 Å². The molecule has 2 heterocycles. The summed E-state index contributed by atoms with van der Waals surface area (Å²) in [6.07, 6.45) is 2.30. The van der Waals surface area contributed by atoms with E-state index in [4.69, 9.17) is 4.98 Å². The molecule has 150 valence electrons. The number of fused-ring (bicyclic) bond motifs is 1. The number of nitrogens with zero attached hydrogens (tertiary/aromatic N) is 3. The monoisotopic (exact) mass is 384 g/mol. The van der Waals surface area contributed by atoms with E-state index in [0.29, 0.717) is 17.7 Å². The second-order valence-corrected chi connectivity index (χ2v) is 7.48. The summed E-state index contributed by atoms with van der Waals surface area (Å²) in [5.74, 6) is 0.844. The summed E-state index contributed by atoms with van der Waals surface area (Å²) in [5.41, 5.74) is 2.38. The van der Waals surface area contributed by atoms with E-state index in [1.54, 1.807) is 7.05 Å². The quantitative estimate of drug-likeness (QED) is 0.608. The molecule has 0 amide bonds. The molecule has 7 heteroatoms. The largest absolute Gasteiger partial charge is 0.329 e. The molecule has 3 rings (SSSR count). The van der Waals surface area contributed by atoms with Crippen molar-refractivity contribution >= 4 is 11.2 Å². The molecule has 0 aliphatic heterocycles. The second-order valence-electron chi connectivity index (χ2n) is 7.48. The minimum absolute atomic E-state index is 0.379. The normalized spacial score (nSPS) is 12.6. The summed E-state index contributed by atoms with van der Waals surface area (Å²) in [4.78, 5) is 33.3. The maximum atomic E-state index is 12.6. The van der Waals surface area contributed by atoms with Crippen molar-refractivity contribution in [3.63, 3.8) is 0 Å². The summed E-state index contributed by atoms with van der Waals surface area (Å²) in [6.45, 7) is 9.75. The van der Waals surface area contributed by atoms with Crippen LogP contribution in [0.1, 0.15) is 43.6 Å². The van der Waals surface area contributed by atoms with E-state index in [1.807, 2.05) is 10.6 Å². The van der Waals surface area contributed by atoms with Crippen LogP contribution < -0.4 is 16.1 Å². The van der Waals surface area contributed by atoms with Crippen LogP contribution in [0.25, 0.3) is 11.2 Å². The number of benzene rings is 1. The van der Waals surface area contributed by atoms with E-state index in [0.717, 1.165) is 43.9 Å². The van der Waals surface area contributed by atoms with Crippen molar-refractivity contribution in [1.82, 2.24) is 19.1 Å². The van der Waals surface area contributed by atoms with Gasteiger partial charge in [-0.15, -0.1) is 0 Å². The van der Waals surface area contributed by atoms with Gasteiger partial charge in [0.2, 0.25) is 0 Å². The Morgan fingerprint density at radius 3 is 2.68 bits per heavy atom. The Hall–Kier alpha value is -2.67. The lowest BCUT2D eigenvalue weighted by Crippen LogP contribution is -3.10. The van der Waals surface area contributed by atoms with Crippen molar-refractivity contribution in [1.29, 1.82) is 0 Å². The first-order valence-electron chi connectivity index (χ1n) is 10.0. The average Bonchev–Trinajstić information content (AvgIpc) is 3.02. The SMILES string of the molecule is CCCC[NH+](CC)Cc1nc2c(c(=O)[nH]c(=O)n2C)n1Cc1cccc(C)c1. The predicted octanol–water partition coefficient (Wildman–Crippen LogP) is 0.985. The molecule has 1 unspecified atom stereocenters. The first-order chi connectivity index (χ1) is 13.4. The van der Waals surface area contributed by atoms with Gasteiger partial charge in [0.15, 0.2) is 17.0 Å². The lowest BCUT2D eigenvalue weighted by Gasteiger charge is -2.18. The standard InChI is InChI=1S/C21H29N5O2/c1-5-7-11-25(6-2)14-17-22-19-18(20(27)23-21(28)24(19)4)26(17)13-16-10-8-9-15(3)12-16/h8-10,12H,5-7,11,13-14H2,1-4H3,(H,23,27,28)/p+1. The number of hydrogen-bond donors (Lipinski definition) is 2. The Balaban J connectivity index is 2.13. The van der Waals surface area contributed by atoms with Gasteiger partial charge in [0.1, 0.15) is 6.54 Å². The van der Waals surface area contributed by atoms with Gasteiger partial charge in [-0.05, 0) is 25.8 Å². The molecule has 1 aromatic carbocycles. The maximum Gasteiger partial charge on any atom is 0.329 e. The molecule has 0 radical (unpaired) electrons. The zero-order valence-corrected chi connectivity index (χ0v) is 17.2. The van der Waals surface area contributed by atoms with Gasteiger partial charge in [-0.2, -0.15) is 0 Å². The summed E-state index contributed by atoms with van der Waals surface area (Å²) in [6, 6.07) is 8.25. The predicted molar refractivity (Wildman–Crippen MR) is 111 cm³/mol. The van der Waals surface area contributed by atoms with Crippen LogP contribution in [-0.2, 0) is 20.1 Å². The van der Waals surface area contributed by atoms with Crippen molar-refractivity contribution in [2.24, 2.45) is 7.05 Å². The maximum absolute atomic E-state index is 12.6. The number of nitrogens with one attached hydrogen (secondary N) is 2. The first kappa shape index (κ1) is 20.1. The van der Waals surface area contributed by atoms with Crippen LogP contribution in [-0.4, -0.2) is 32.2 Å². The van der Waals surface area contributed by atoms with Crippen molar-refractivity contribution in [3.8, 4) is 0 Å². The summed E-state index contributed by atoms with van der Waals surface area (Å²) < 4.78 is 3.40. The van der Waals surface area contributed by atoms with Crippen molar-refractivity contribution in [3.05, 3.63) is 62.1 Å². The third-order valence-corrected chi connectivity index (χ3v) is 5.30. The van der Waals surface area contributed by atoms with Crippen LogP contribution in [0, 0.1) is 6.92 Å². The number of quaternary nitrogens is 1. The second kappa shape index (κ2) is 8.56. The minimum Gasteiger partial charge on any atom is -0.329 e. The molecule has 7 nitrogen and oxygen atoms in total. The molecule has 3 aromatic rings. The van der Waals surface area contributed by atoms with E-state index >= 15 is 0 Å². The van der Waals surface area contributed by atoms with Gasteiger partial charge in [-0.25, -0.2) is 9.78 Å². The summed E-state index contributed by atoms with van der Waals surface area (Å²) in [5, 5.41) is 0. The molecule has 0 bridgehead atoms. The fourth-order valence-electron chi connectivity index (χ4n) is 3.62. The highest BCUT2D eigenvalue weighted by molar-refractivity contribution is 5.71. The third-order valence-electron chi connectivity index (χ3n) is 5.30. The van der Waals surface area contributed by atoms with E-state index in [1.165, 1.54) is 15.0 Å². The van der Waals surface area contributed by atoms with Gasteiger partial charge in [0.05, 0.1) is 13.1 Å². The lowest BCUT2D eigenvalue weighted by molar-refractivity contribution is -0.913. The summed E-state index contributed by atoms with van der Waals surface area (Å²) >= 11 is 0. The number of aromatic nitrogens is 4. The Bertz CT molecular complexity index is 1080. The molecule has 2 aromatic heterocycles. The van der Waals surface area contributed by atoms with Gasteiger partial charge < -0.3 is 9.47 Å². The highest BCUT2D eigenvalue weighted by Gasteiger charge is 2.20. The highest BCUT2D eigenvalue weighted by atomic mass is 16.2. The molecule has 1 atom stereocenters. The van der Waals surface area contributed by atoms with Crippen molar-refractivity contribution in [2.45, 2.75) is 46.7 Å². The molecule has 0 aliphatic carbocycles. The van der Waals surface area contributed by atoms with Gasteiger partial charge in [-0.3, -0.25) is 14.3 Å². The first-order valence-corrected chi connectivity index (χ1v) is 10.0. The fraction of sp³-hybridized carbons (Fsp3) is 0.476. The van der Waals surface area contributed by atoms with Crippen LogP contribution >= 0.6 is 0 Å². The topological polar surface area (TPSA) is 77.1 Å². The number of H-pyrrole nitrogens is 1. The number of aryl methyl sites for hydroxylation is 2. The molecule has 0 aliphatic rings. The molecule has 28 heavy (non-hydrogen) atoms. The van der Waals surface area contributed by atoms with Crippen LogP contribution in [0.4, 0.5) is 0 Å². The molecule has 0 saturated heterocycles. The van der Waals surface area contributed by atoms with Crippen molar-refractivity contribution < 1.29 is 4.90 Å². The zero-order valence-electron chi connectivity index (χ0n) is 17.2. The highest BCUT2D eigenvalue weighted by Crippen LogP contribution is 2.14. The lowest BCUT2D eigenvalue weighted by atomic mass is 10.1. The molecule has 0 spiro atoms. The fourth-order valence-corrected chi connectivity index (χ4v) is 3.62. The molecule has 0 saturated carbocycles. The average molecular weight is 385 g/mol.